The fraction of sp³-hybridized carbons (Fsp3) is 0.462. The van der Waals surface area contributed by atoms with Gasteiger partial charge in [-0.3, -0.25) is 0 Å². The standard InChI is InChI=1S/C13H18N2/c1-10(2)5-6-12-7-8-14-13(9-12)15-11(3)4/h7-11H,1-4H3,(H,14,15). The van der Waals surface area contributed by atoms with Gasteiger partial charge in [0.05, 0.1) is 0 Å². The lowest BCUT2D eigenvalue weighted by atomic mass is 10.2. The molecule has 0 saturated carbocycles. The average molecular weight is 202 g/mol. The third kappa shape index (κ3) is 4.51. The second kappa shape index (κ2) is 5.41. The molecule has 0 aliphatic carbocycles. The molecule has 0 aliphatic heterocycles. The summed E-state index contributed by atoms with van der Waals surface area (Å²) in [5.41, 5.74) is 1.02. The topological polar surface area (TPSA) is 24.9 Å². The van der Waals surface area contributed by atoms with Gasteiger partial charge < -0.3 is 5.32 Å². The Morgan fingerprint density at radius 3 is 2.60 bits per heavy atom. The zero-order valence-corrected chi connectivity index (χ0v) is 9.83. The van der Waals surface area contributed by atoms with Gasteiger partial charge in [0.25, 0.3) is 0 Å². The van der Waals surface area contributed by atoms with Gasteiger partial charge in [-0.2, -0.15) is 0 Å². The summed E-state index contributed by atoms with van der Waals surface area (Å²) in [6.07, 6.45) is 1.79. The number of aromatic nitrogens is 1. The lowest BCUT2D eigenvalue weighted by molar-refractivity contribution is 0.866. The van der Waals surface area contributed by atoms with Gasteiger partial charge in [-0.1, -0.05) is 25.7 Å². The summed E-state index contributed by atoms with van der Waals surface area (Å²) < 4.78 is 0. The Hall–Kier alpha value is -1.49. The summed E-state index contributed by atoms with van der Waals surface area (Å²) in [6.45, 7) is 8.35. The lowest BCUT2D eigenvalue weighted by Gasteiger charge is -2.08. The fourth-order valence-electron chi connectivity index (χ4n) is 1.11. The van der Waals surface area contributed by atoms with E-state index in [-0.39, 0.29) is 0 Å². The van der Waals surface area contributed by atoms with E-state index in [1.165, 1.54) is 0 Å². The predicted molar refractivity (Wildman–Crippen MR) is 64.7 cm³/mol. The molecule has 0 saturated heterocycles. The third-order valence-corrected chi connectivity index (χ3v) is 1.70. The van der Waals surface area contributed by atoms with Crippen LogP contribution in [0.3, 0.4) is 0 Å². The van der Waals surface area contributed by atoms with E-state index in [9.17, 15) is 0 Å². The first-order valence-corrected chi connectivity index (χ1v) is 5.32. The highest BCUT2D eigenvalue weighted by Crippen LogP contribution is 2.07. The van der Waals surface area contributed by atoms with Crippen LogP contribution in [0, 0.1) is 17.8 Å². The minimum atomic E-state index is 0.394. The predicted octanol–water partition coefficient (Wildman–Crippen LogP) is 2.91. The summed E-state index contributed by atoms with van der Waals surface area (Å²) in [6, 6.07) is 4.31. The van der Waals surface area contributed by atoms with E-state index in [2.05, 4.69) is 49.8 Å². The van der Waals surface area contributed by atoms with E-state index >= 15 is 0 Å². The molecule has 0 unspecified atom stereocenters. The van der Waals surface area contributed by atoms with Crippen molar-refractivity contribution in [2.75, 3.05) is 5.32 Å². The molecule has 1 aromatic heterocycles. The van der Waals surface area contributed by atoms with Crippen molar-refractivity contribution in [3.8, 4) is 11.8 Å². The monoisotopic (exact) mass is 202 g/mol. The van der Waals surface area contributed by atoms with Crippen LogP contribution < -0.4 is 5.32 Å². The molecular weight excluding hydrogens is 184 g/mol. The molecule has 0 aliphatic rings. The maximum atomic E-state index is 4.23. The molecule has 0 aromatic carbocycles. The van der Waals surface area contributed by atoms with Gasteiger partial charge in [-0.25, -0.2) is 4.98 Å². The zero-order valence-electron chi connectivity index (χ0n) is 9.83. The van der Waals surface area contributed by atoms with E-state index in [0.717, 1.165) is 11.4 Å². The van der Waals surface area contributed by atoms with Gasteiger partial charge in [0.15, 0.2) is 0 Å². The molecule has 15 heavy (non-hydrogen) atoms. The van der Waals surface area contributed by atoms with Gasteiger partial charge in [-0.05, 0) is 26.0 Å². The zero-order chi connectivity index (χ0) is 11.3. The molecule has 0 bridgehead atoms. The number of hydrogen-bond acceptors (Lipinski definition) is 2. The quantitative estimate of drug-likeness (QED) is 0.746. The summed E-state index contributed by atoms with van der Waals surface area (Å²) in [7, 11) is 0. The molecule has 0 atom stereocenters. The molecule has 1 N–H and O–H groups in total. The van der Waals surface area contributed by atoms with Gasteiger partial charge in [-0.15, -0.1) is 0 Å². The minimum Gasteiger partial charge on any atom is -0.368 e. The molecular formula is C13H18N2. The molecule has 0 spiro atoms. The van der Waals surface area contributed by atoms with Crippen molar-refractivity contribution < 1.29 is 0 Å². The summed E-state index contributed by atoms with van der Waals surface area (Å²) >= 11 is 0. The molecule has 0 radical (unpaired) electrons. The average Bonchev–Trinajstić information content (AvgIpc) is 2.14. The SMILES string of the molecule is CC(C)C#Cc1ccnc(NC(C)C)c1. The van der Waals surface area contributed by atoms with E-state index < -0.39 is 0 Å². The first-order chi connectivity index (χ1) is 7.08. The Morgan fingerprint density at radius 2 is 2.00 bits per heavy atom. The molecule has 2 heteroatoms. The normalized spacial score (nSPS) is 10.0. The van der Waals surface area contributed by atoms with Crippen LogP contribution in [-0.2, 0) is 0 Å². The molecule has 80 valence electrons. The van der Waals surface area contributed by atoms with Gasteiger partial charge >= 0.3 is 0 Å². The largest absolute Gasteiger partial charge is 0.368 e. The number of hydrogen-bond donors (Lipinski definition) is 1. The maximum absolute atomic E-state index is 4.23. The number of anilines is 1. The molecule has 1 aromatic rings. The van der Waals surface area contributed by atoms with Crippen LogP contribution >= 0.6 is 0 Å². The van der Waals surface area contributed by atoms with Crippen LogP contribution in [0.1, 0.15) is 33.3 Å². The Kier molecular flexibility index (Phi) is 4.17. The maximum Gasteiger partial charge on any atom is 0.127 e. The van der Waals surface area contributed by atoms with E-state index in [1.54, 1.807) is 6.20 Å². The van der Waals surface area contributed by atoms with Crippen LogP contribution in [0.4, 0.5) is 5.82 Å². The minimum absolute atomic E-state index is 0.394. The first kappa shape index (κ1) is 11.6. The highest BCUT2D eigenvalue weighted by molar-refractivity contribution is 5.45. The highest BCUT2D eigenvalue weighted by Gasteiger charge is 1.96. The Bertz CT molecular complexity index is 370. The number of nitrogens with one attached hydrogen (secondary N) is 1. The molecule has 1 heterocycles. The smallest absolute Gasteiger partial charge is 0.127 e. The molecule has 0 fully saturated rings. The van der Waals surface area contributed by atoms with E-state index in [4.69, 9.17) is 0 Å². The number of nitrogens with zero attached hydrogens (tertiary/aromatic N) is 1. The van der Waals surface area contributed by atoms with Crippen molar-refractivity contribution in [3.63, 3.8) is 0 Å². The number of rotatable bonds is 2. The second-order valence-corrected chi connectivity index (χ2v) is 4.15. The van der Waals surface area contributed by atoms with Crippen molar-refractivity contribution in [2.45, 2.75) is 33.7 Å². The van der Waals surface area contributed by atoms with Crippen molar-refractivity contribution in [3.05, 3.63) is 23.9 Å². The van der Waals surface area contributed by atoms with Crippen LogP contribution in [0.5, 0.6) is 0 Å². The van der Waals surface area contributed by atoms with Crippen LogP contribution in [0.25, 0.3) is 0 Å². The lowest BCUT2D eigenvalue weighted by Crippen LogP contribution is -2.10. The molecule has 2 nitrogen and oxygen atoms in total. The fourth-order valence-corrected chi connectivity index (χ4v) is 1.11. The van der Waals surface area contributed by atoms with Crippen molar-refractivity contribution >= 4 is 5.82 Å². The third-order valence-electron chi connectivity index (χ3n) is 1.70. The van der Waals surface area contributed by atoms with Crippen LogP contribution in [0.2, 0.25) is 0 Å². The van der Waals surface area contributed by atoms with Crippen molar-refractivity contribution in [2.24, 2.45) is 5.92 Å². The summed E-state index contributed by atoms with van der Waals surface area (Å²) in [5, 5.41) is 3.25. The van der Waals surface area contributed by atoms with Crippen LogP contribution in [0.15, 0.2) is 18.3 Å². The van der Waals surface area contributed by atoms with E-state index in [0.29, 0.717) is 12.0 Å². The van der Waals surface area contributed by atoms with Crippen molar-refractivity contribution in [1.82, 2.24) is 4.98 Å². The highest BCUT2D eigenvalue weighted by atomic mass is 15.0. The Labute approximate surface area is 92.1 Å². The van der Waals surface area contributed by atoms with Gasteiger partial charge in [0.2, 0.25) is 0 Å². The summed E-state index contributed by atoms with van der Waals surface area (Å²) in [4.78, 5) is 4.23. The Morgan fingerprint density at radius 1 is 1.27 bits per heavy atom. The van der Waals surface area contributed by atoms with E-state index in [1.807, 2.05) is 12.1 Å². The first-order valence-electron chi connectivity index (χ1n) is 5.32. The summed E-state index contributed by atoms with van der Waals surface area (Å²) in [5.74, 6) is 7.56. The van der Waals surface area contributed by atoms with Gasteiger partial charge in [0, 0.05) is 23.7 Å². The Balaban J connectivity index is 2.80. The molecule has 1 rings (SSSR count). The van der Waals surface area contributed by atoms with Crippen molar-refractivity contribution in [1.29, 1.82) is 0 Å². The molecule has 0 amide bonds. The van der Waals surface area contributed by atoms with Gasteiger partial charge in [0.1, 0.15) is 5.82 Å². The second-order valence-electron chi connectivity index (χ2n) is 4.15. The van der Waals surface area contributed by atoms with Crippen LogP contribution in [-0.4, -0.2) is 11.0 Å². The number of pyridine rings is 1.